The smallest absolute Gasteiger partial charge is 0.205 e. The van der Waals surface area contributed by atoms with Crippen LogP contribution in [-0.2, 0) is 0 Å². The summed E-state index contributed by atoms with van der Waals surface area (Å²) in [6.07, 6.45) is 3.11. The molecule has 3 rings (SSSR count). The van der Waals surface area contributed by atoms with Gasteiger partial charge in [0.1, 0.15) is 11.6 Å². The fourth-order valence-corrected chi connectivity index (χ4v) is 2.86. The molecule has 0 amide bonds. The zero-order valence-electron chi connectivity index (χ0n) is 14.2. The Morgan fingerprint density at radius 1 is 1.15 bits per heavy atom. The normalized spacial score (nSPS) is 11.2. The van der Waals surface area contributed by atoms with E-state index in [4.69, 9.17) is 21.1 Å². The maximum Gasteiger partial charge on any atom is 0.205 e. The van der Waals surface area contributed by atoms with E-state index in [0.29, 0.717) is 33.0 Å². The quantitative estimate of drug-likeness (QED) is 0.406. The molecule has 0 bridgehead atoms. The Morgan fingerprint density at radius 3 is 2.62 bits per heavy atom. The van der Waals surface area contributed by atoms with Crippen molar-refractivity contribution in [3.05, 3.63) is 64.3 Å². The number of carbonyl (C=O) groups is 1. The van der Waals surface area contributed by atoms with Gasteiger partial charge in [-0.25, -0.2) is 0 Å². The highest BCUT2D eigenvalue weighted by Gasteiger charge is 2.17. The minimum atomic E-state index is -0.365. The molecule has 0 fully saturated rings. The number of nitriles is 1. The molecule has 0 atom stereocenters. The third-order valence-electron chi connectivity index (χ3n) is 3.97. The summed E-state index contributed by atoms with van der Waals surface area (Å²) in [4.78, 5) is 15.8. The molecular weight excluding hydrogens is 352 g/mol. The lowest BCUT2D eigenvalue weighted by atomic mass is 10.0. The molecule has 0 radical (unpaired) electrons. The monoisotopic (exact) mass is 366 g/mol. The number of allylic oxidation sites excluding steroid dienone is 1. The number of benzene rings is 2. The summed E-state index contributed by atoms with van der Waals surface area (Å²) in [5.74, 6) is 0.728. The molecule has 1 N–H and O–H groups in total. The van der Waals surface area contributed by atoms with Gasteiger partial charge in [-0.05, 0) is 35.9 Å². The third-order valence-corrected chi connectivity index (χ3v) is 4.21. The van der Waals surface area contributed by atoms with Crippen molar-refractivity contribution in [3.8, 4) is 17.6 Å². The van der Waals surface area contributed by atoms with Gasteiger partial charge in [0.2, 0.25) is 5.78 Å². The highest BCUT2D eigenvalue weighted by Crippen LogP contribution is 2.29. The van der Waals surface area contributed by atoms with Crippen LogP contribution >= 0.6 is 11.6 Å². The van der Waals surface area contributed by atoms with Crippen molar-refractivity contribution in [2.24, 2.45) is 0 Å². The topological polar surface area (TPSA) is 75.1 Å². The van der Waals surface area contributed by atoms with Crippen LogP contribution in [-0.4, -0.2) is 25.0 Å². The lowest BCUT2D eigenvalue weighted by Gasteiger charge is -2.08. The van der Waals surface area contributed by atoms with E-state index in [1.807, 2.05) is 6.07 Å². The maximum atomic E-state index is 12.8. The summed E-state index contributed by atoms with van der Waals surface area (Å²) < 4.78 is 10.4. The fourth-order valence-electron chi connectivity index (χ4n) is 2.69. The number of ketones is 1. The van der Waals surface area contributed by atoms with Crippen molar-refractivity contribution < 1.29 is 14.3 Å². The first-order valence-electron chi connectivity index (χ1n) is 7.72. The summed E-state index contributed by atoms with van der Waals surface area (Å²) in [6.45, 7) is 0. The van der Waals surface area contributed by atoms with Crippen molar-refractivity contribution in [1.82, 2.24) is 4.98 Å². The number of methoxy groups -OCH3 is 2. The summed E-state index contributed by atoms with van der Waals surface area (Å²) in [6, 6.07) is 12.4. The van der Waals surface area contributed by atoms with Gasteiger partial charge in [0, 0.05) is 27.7 Å². The summed E-state index contributed by atoms with van der Waals surface area (Å²) in [7, 11) is 3.07. The number of ether oxygens (including phenoxy) is 2. The van der Waals surface area contributed by atoms with Crippen LogP contribution in [0.4, 0.5) is 0 Å². The van der Waals surface area contributed by atoms with E-state index in [1.165, 1.54) is 13.2 Å². The van der Waals surface area contributed by atoms with Crippen LogP contribution in [0.5, 0.6) is 11.5 Å². The standard InChI is InChI=1S/C20H15ClN2O3/c1-25-18-6-3-12(8-19(18)26-2)7-13(10-22)20(24)16-11-23-17-9-14(21)4-5-15(16)17/h3-9,11,23H,1-2H3/b13-7-. The van der Waals surface area contributed by atoms with Gasteiger partial charge >= 0.3 is 0 Å². The largest absolute Gasteiger partial charge is 0.493 e. The number of aromatic nitrogens is 1. The van der Waals surface area contributed by atoms with Crippen molar-refractivity contribution in [2.45, 2.75) is 0 Å². The van der Waals surface area contributed by atoms with Gasteiger partial charge in [-0.15, -0.1) is 0 Å². The summed E-state index contributed by atoms with van der Waals surface area (Å²) >= 11 is 5.97. The van der Waals surface area contributed by atoms with Gasteiger partial charge in [0.05, 0.1) is 14.2 Å². The molecule has 0 saturated carbocycles. The molecule has 0 aliphatic rings. The predicted molar refractivity (Wildman–Crippen MR) is 101 cm³/mol. The van der Waals surface area contributed by atoms with Gasteiger partial charge in [-0.2, -0.15) is 5.26 Å². The average Bonchev–Trinajstić information content (AvgIpc) is 3.08. The van der Waals surface area contributed by atoms with E-state index in [1.54, 1.807) is 49.7 Å². The Hall–Kier alpha value is -3.23. The Balaban J connectivity index is 2.01. The van der Waals surface area contributed by atoms with Crippen molar-refractivity contribution >= 4 is 34.4 Å². The lowest BCUT2D eigenvalue weighted by Crippen LogP contribution is -2.01. The molecule has 26 heavy (non-hydrogen) atoms. The number of aromatic amines is 1. The molecule has 1 aromatic heterocycles. The van der Waals surface area contributed by atoms with E-state index in [9.17, 15) is 10.1 Å². The number of Topliss-reactive ketones (excluding diaryl/α,β-unsaturated/α-hetero) is 1. The van der Waals surface area contributed by atoms with E-state index < -0.39 is 0 Å². The molecule has 0 spiro atoms. The molecule has 0 aliphatic carbocycles. The number of fused-ring (bicyclic) bond motifs is 1. The van der Waals surface area contributed by atoms with E-state index in [-0.39, 0.29) is 11.4 Å². The van der Waals surface area contributed by atoms with Crippen molar-refractivity contribution in [2.75, 3.05) is 14.2 Å². The zero-order chi connectivity index (χ0) is 18.7. The number of nitrogens with one attached hydrogen (secondary N) is 1. The Morgan fingerprint density at radius 2 is 1.92 bits per heavy atom. The Kier molecular flexibility index (Phi) is 4.97. The van der Waals surface area contributed by atoms with E-state index >= 15 is 0 Å². The molecular formula is C20H15ClN2O3. The van der Waals surface area contributed by atoms with Crippen molar-refractivity contribution in [3.63, 3.8) is 0 Å². The zero-order valence-corrected chi connectivity index (χ0v) is 14.9. The van der Waals surface area contributed by atoms with Gasteiger partial charge in [0.15, 0.2) is 11.5 Å². The lowest BCUT2D eigenvalue weighted by molar-refractivity contribution is 0.104. The minimum Gasteiger partial charge on any atom is -0.493 e. The molecule has 0 unspecified atom stereocenters. The van der Waals surface area contributed by atoms with E-state index in [0.717, 1.165) is 5.52 Å². The number of hydrogen-bond donors (Lipinski definition) is 1. The Bertz CT molecular complexity index is 1060. The molecule has 2 aromatic carbocycles. The number of carbonyl (C=O) groups excluding carboxylic acids is 1. The van der Waals surface area contributed by atoms with Crippen LogP contribution in [0.2, 0.25) is 5.02 Å². The molecule has 0 aliphatic heterocycles. The van der Waals surface area contributed by atoms with Gasteiger partial charge in [-0.1, -0.05) is 23.7 Å². The highest BCUT2D eigenvalue weighted by molar-refractivity contribution is 6.31. The number of halogens is 1. The summed E-state index contributed by atoms with van der Waals surface area (Å²) in [5.41, 5.74) is 1.85. The molecule has 130 valence electrons. The molecule has 6 heteroatoms. The van der Waals surface area contributed by atoms with Gasteiger partial charge < -0.3 is 14.5 Å². The van der Waals surface area contributed by atoms with Crippen LogP contribution in [0.1, 0.15) is 15.9 Å². The fraction of sp³-hybridized carbons (Fsp3) is 0.100. The van der Waals surface area contributed by atoms with E-state index in [2.05, 4.69) is 4.98 Å². The van der Waals surface area contributed by atoms with Gasteiger partial charge in [0.25, 0.3) is 0 Å². The first-order valence-corrected chi connectivity index (χ1v) is 8.10. The number of H-pyrrole nitrogens is 1. The second kappa shape index (κ2) is 7.34. The van der Waals surface area contributed by atoms with Crippen LogP contribution in [0.3, 0.4) is 0 Å². The second-order valence-corrected chi connectivity index (χ2v) is 5.94. The molecule has 0 saturated heterocycles. The average molecular weight is 367 g/mol. The van der Waals surface area contributed by atoms with Crippen LogP contribution in [0, 0.1) is 11.3 Å². The number of rotatable bonds is 5. The SMILES string of the molecule is COc1ccc(/C=C(/C#N)C(=O)c2c[nH]c3cc(Cl)ccc23)cc1OC. The Labute approximate surface area is 155 Å². The number of hydrogen-bond acceptors (Lipinski definition) is 4. The maximum absolute atomic E-state index is 12.8. The number of nitrogens with zero attached hydrogens (tertiary/aromatic N) is 1. The third kappa shape index (κ3) is 3.28. The van der Waals surface area contributed by atoms with Crippen LogP contribution < -0.4 is 9.47 Å². The highest BCUT2D eigenvalue weighted by atomic mass is 35.5. The summed E-state index contributed by atoms with van der Waals surface area (Å²) in [5, 5.41) is 10.8. The first-order chi connectivity index (χ1) is 12.6. The molecule has 1 heterocycles. The minimum absolute atomic E-state index is 0.0214. The first kappa shape index (κ1) is 17.6. The van der Waals surface area contributed by atoms with Crippen LogP contribution in [0.15, 0.2) is 48.2 Å². The second-order valence-electron chi connectivity index (χ2n) is 5.51. The van der Waals surface area contributed by atoms with Crippen LogP contribution in [0.25, 0.3) is 17.0 Å². The van der Waals surface area contributed by atoms with Gasteiger partial charge in [-0.3, -0.25) is 4.79 Å². The molecule has 5 nitrogen and oxygen atoms in total. The molecule has 3 aromatic rings. The predicted octanol–water partition coefficient (Wildman–Crippen LogP) is 4.63. The van der Waals surface area contributed by atoms with Crippen molar-refractivity contribution in [1.29, 1.82) is 5.26 Å².